The summed E-state index contributed by atoms with van der Waals surface area (Å²) in [6, 6.07) is 14.8. The Bertz CT molecular complexity index is 818. The molecule has 4 nitrogen and oxygen atoms in total. The van der Waals surface area contributed by atoms with Crippen molar-refractivity contribution in [3.63, 3.8) is 0 Å². The van der Waals surface area contributed by atoms with Crippen LogP contribution in [0.15, 0.2) is 48.5 Å². The lowest BCUT2D eigenvalue weighted by molar-refractivity contribution is -0.122. The molecule has 2 aromatic rings. The van der Waals surface area contributed by atoms with Gasteiger partial charge in [-0.1, -0.05) is 24.3 Å². The van der Waals surface area contributed by atoms with Crippen molar-refractivity contribution in [2.24, 2.45) is 5.92 Å². The monoisotopic (exact) mass is 382 g/mol. The van der Waals surface area contributed by atoms with E-state index >= 15 is 0 Å². The third-order valence-electron chi connectivity index (χ3n) is 5.96. The number of benzene rings is 2. The van der Waals surface area contributed by atoms with E-state index in [4.69, 9.17) is 4.74 Å². The van der Waals surface area contributed by atoms with Crippen molar-refractivity contribution in [3.05, 3.63) is 65.5 Å². The third kappa shape index (κ3) is 4.20. The minimum absolute atomic E-state index is 0.00463. The molecule has 1 aliphatic heterocycles. The molecule has 5 heteroatoms. The molecular weight excluding hydrogens is 355 g/mol. The molecule has 1 aliphatic carbocycles. The second-order valence-corrected chi connectivity index (χ2v) is 7.78. The van der Waals surface area contributed by atoms with E-state index in [9.17, 15) is 9.18 Å². The van der Waals surface area contributed by atoms with E-state index in [-0.39, 0.29) is 29.6 Å². The van der Waals surface area contributed by atoms with Gasteiger partial charge in [-0.25, -0.2) is 4.39 Å². The van der Waals surface area contributed by atoms with Crippen molar-refractivity contribution in [1.82, 2.24) is 10.2 Å². The Balaban J connectivity index is 1.40. The highest BCUT2D eigenvalue weighted by Crippen LogP contribution is 2.47. The fourth-order valence-electron chi connectivity index (χ4n) is 4.25. The van der Waals surface area contributed by atoms with Gasteiger partial charge in [0.15, 0.2) is 0 Å². The van der Waals surface area contributed by atoms with E-state index in [0.29, 0.717) is 6.54 Å². The van der Waals surface area contributed by atoms with Crippen molar-refractivity contribution >= 4 is 5.91 Å². The lowest BCUT2D eigenvalue weighted by Crippen LogP contribution is -2.37. The van der Waals surface area contributed by atoms with Crippen LogP contribution in [0, 0.1) is 11.7 Å². The zero-order chi connectivity index (χ0) is 19.5. The number of halogens is 1. The van der Waals surface area contributed by atoms with Gasteiger partial charge in [-0.05, 0) is 73.7 Å². The minimum atomic E-state index is -0.239. The Morgan fingerprint density at radius 2 is 1.96 bits per heavy atom. The Morgan fingerprint density at radius 1 is 1.21 bits per heavy atom. The Hall–Kier alpha value is -2.40. The van der Waals surface area contributed by atoms with Gasteiger partial charge in [0.05, 0.1) is 13.2 Å². The van der Waals surface area contributed by atoms with Gasteiger partial charge in [0.25, 0.3) is 0 Å². The average molecular weight is 382 g/mol. The summed E-state index contributed by atoms with van der Waals surface area (Å²) < 4.78 is 18.5. The molecule has 2 aliphatic rings. The predicted molar refractivity (Wildman–Crippen MR) is 107 cm³/mol. The van der Waals surface area contributed by atoms with Crippen LogP contribution in [0.5, 0.6) is 5.75 Å². The Kier molecular flexibility index (Phi) is 5.62. The lowest BCUT2D eigenvalue weighted by atomic mass is 10.0. The van der Waals surface area contributed by atoms with Crippen molar-refractivity contribution in [2.45, 2.75) is 31.2 Å². The number of hydrogen-bond acceptors (Lipinski definition) is 3. The summed E-state index contributed by atoms with van der Waals surface area (Å²) in [7, 11) is 1.68. The maximum atomic E-state index is 13.1. The van der Waals surface area contributed by atoms with Gasteiger partial charge in [0.1, 0.15) is 11.6 Å². The van der Waals surface area contributed by atoms with E-state index in [1.807, 2.05) is 12.1 Å². The van der Waals surface area contributed by atoms with Crippen molar-refractivity contribution < 1.29 is 13.9 Å². The molecule has 2 fully saturated rings. The predicted octanol–water partition coefficient (Wildman–Crippen LogP) is 3.89. The van der Waals surface area contributed by atoms with Gasteiger partial charge >= 0.3 is 0 Å². The molecule has 1 heterocycles. The summed E-state index contributed by atoms with van der Waals surface area (Å²) in [4.78, 5) is 15.1. The Morgan fingerprint density at radius 3 is 2.68 bits per heavy atom. The van der Waals surface area contributed by atoms with E-state index in [1.165, 1.54) is 30.5 Å². The maximum absolute atomic E-state index is 13.1. The zero-order valence-electron chi connectivity index (χ0n) is 16.2. The van der Waals surface area contributed by atoms with Gasteiger partial charge in [-0.3, -0.25) is 9.69 Å². The van der Waals surface area contributed by atoms with Crippen LogP contribution in [0.1, 0.15) is 42.3 Å². The molecule has 1 saturated heterocycles. The molecule has 0 spiro atoms. The molecule has 1 amide bonds. The van der Waals surface area contributed by atoms with E-state index < -0.39 is 0 Å². The second kappa shape index (κ2) is 8.31. The molecule has 0 bridgehead atoms. The summed E-state index contributed by atoms with van der Waals surface area (Å²) in [5.74, 6) is 0.905. The van der Waals surface area contributed by atoms with Gasteiger partial charge in [-0.15, -0.1) is 0 Å². The summed E-state index contributed by atoms with van der Waals surface area (Å²) >= 11 is 0. The smallest absolute Gasteiger partial charge is 0.223 e. The number of likely N-dealkylation sites (tertiary alicyclic amines) is 1. The van der Waals surface area contributed by atoms with Crippen LogP contribution in [-0.4, -0.2) is 37.6 Å². The summed E-state index contributed by atoms with van der Waals surface area (Å²) in [5, 5.41) is 3.17. The maximum Gasteiger partial charge on any atom is 0.223 e. The number of amides is 1. The molecule has 148 valence electrons. The first-order valence-electron chi connectivity index (χ1n) is 10.1. The summed E-state index contributed by atoms with van der Waals surface area (Å²) in [5.41, 5.74) is 2.22. The topological polar surface area (TPSA) is 41.6 Å². The van der Waals surface area contributed by atoms with Crippen molar-refractivity contribution in [2.75, 3.05) is 26.7 Å². The Labute approximate surface area is 165 Å². The van der Waals surface area contributed by atoms with Gasteiger partial charge in [0.2, 0.25) is 5.91 Å². The minimum Gasteiger partial charge on any atom is -0.497 e. The first kappa shape index (κ1) is 18.9. The normalized spacial score (nSPS) is 22.6. The van der Waals surface area contributed by atoms with Crippen molar-refractivity contribution in [3.8, 4) is 5.75 Å². The highest BCUT2D eigenvalue weighted by Gasteiger charge is 2.44. The first-order valence-corrected chi connectivity index (χ1v) is 10.1. The highest BCUT2D eigenvalue weighted by molar-refractivity contribution is 5.82. The fourth-order valence-corrected chi connectivity index (χ4v) is 4.25. The number of hydrogen-bond donors (Lipinski definition) is 1. The number of methoxy groups -OCH3 is 1. The quantitative estimate of drug-likeness (QED) is 0.790. The number of ether oxygens (including phenoxy) is 1. The van der Waals surface area contributed by atoms with Gasteiger partial charge in [0, 0.05) is 12.5 Å². The molecule has 0 unspecified atom stereocenters. The van der Waals surface area contributed by atoms with E-state index in [1.54, 1.807) is 19.2 Å². The average Bonchev–Trinajstić information content (AvgIpc) is 3.35. The highest BCUT2D eigenvalue weighted by atomic mass is 19.1. The lowest BCUT2D eigenvalue weighted by Gasteiger charge is -2.28. The van der Waals surface area contributed by atoms with Crippen LogP contribution in [0.2, 0.25) is 0 Å². The zero-order valence-corrected chi connectivity index (χ0v) is 16.2. The molecule has 1 saturated carbocycles. The largest absolute Gasteiger partial charge is 0.497 e. The van der Waals surface area contributed by atoms with Gasteiger partial charge < -0.3 is 10.1 Å². The van der Waals surface area contributed by atoms with Crippen LogP contribution >= 0.6 is 0 Å². The number of nitrogens with one attached hydrogen (secondary N) is 1. The second-order valence-electron chi connectivity index (χ2n) is 7.78. The SMILES string of the molecule is COc1cccc([C@H](CNC(=O)[C@@H]2C[C@@H]2c2ccc(F)cc2)N2CCCC2)c1. The van der Waals surface area contributed by atoms with Crippen LogP contribution < -0.4 is 10.1 Å². The molecular formula is C23H27FN2O2. The molecule has 4 rings (SSSR count). The number of rotatable bonds is 7. The van der Waals surface area contributed by atoms with Crippen molar-refractivity contribution in [1.29, 1.82) is 0 Å². The van der Waals surface area contributed by atoms with Crippen LogP contribution in [-0.2, 0) is 4.79 Å². The fraction of sp³-hybridized carbons (Fsp3) is 0.435. The van der Waals surface area contributed by atoms with Crippen LogP contribution in [0.3, 0.4) is 0 Å². The molecule has 28 heavy (non-hydrogen) atoms. The molecule has 3 atom stereocenters. The molecule has 1 N–H and O–H groups in total. The summed E-state index contributed by atoms with van der Waals surface area (Å²) in [6.07, 6.45) is 3.23. The van der Waals surface area contributed by atoms with Gasteiger partial charge in [-0.2, -0.15) is 0 Å². The van der Waals surface area contributed by atoms with Crippen LogP contribution in [0.4, 0.5) is 4.39 Å². The third-order valence-corrected chi connectivity index (χ3v) is 5.96. The molecule has 0 aromatic heterocycles. The standard InChI is InChI=1S/C23H27FN2O2/c1-28-19-6-4-5-17(13-19)22(26-11-2-3-12-26)15-25-23(27)21-14-20(21)16-7-9-18(24)10-8-16/h4-10,13,20-22H,2-3,11-12,14-15H2,1H3,(H,25,27)/t20-,21-,22+/m1/s1. The van der Waals surface area contributed by atoms with E-state index in [0.717, 1.165) is 30.8 Å². The number of carbonyl (C=O) groups excluding carboxylic acids is 1. The first-order chi connectivity index (χ1) is 13.7. The van der Waals surface area contributed by atoms with Crippen LogP contribution in [0.25, 0.3) is 0 Å². The molecule has 2 aromatic carbocycles. The number of carbonyl (C=O) groups is 1. The number of nitrogens with zero attached hydrogens (tertiary/aromatic N) is 1. The summed E-state index contributed by atoms with van der Waals surface area (Å²) in [6.45, 7) is 2.71. The van der Waals surface area contributed by atoms with E-state index in [2.05, 4.69) is 22.3 Å². The molecule has 0 radical (unpaired) electrons.